The molecule has 3 aromatic rings. The molecule has 0 saturated carbocycles. The second-order valence-electron chi connectivity index (χ2n) is 7.11. The molecule has 0 unspecified atom stereocenters. The SMILES string of the molecule is CS(=O)(=O)Nc1ccc(-c2ccnc3[nH]c(CC(=O)NCCCS(N)(=O)=O)cc23)cc1. The molecular formula is C19H23N5O5S2. The van der Waals surface area contributed by atoms with E-state index in [1.165, 1.54) is 0 Å². The molecule has 0 aliphatic heterocycles. The van der Waals surface area contributed by atoms with Gasteiger partial charge in [-0.05, 0) is 41.8 Å². The molecule has 166 valence electrons. The van der Waals surface area contributed by atoms with Crippen LogP contribution in [0, 0.1) is 0 Å². The van der Waals surface area contributed by atoms with Gasteiger partial charge in [0.1, 0.15) is 5.65 Å². The summed E-state index contributed by atoms with van der Waals surface area (Å²) in [6.45, 7) is 0.215. The Labute approximate surface area is 180 Å². The highest BCUT2D eigenvalue weighted by Crippen LogP contribution is 2.29. The first-order chi connectivity index (χ1) is 14.5. The van der Waals surface area contributed by atoms with Gasteiger partial charge >= 0.3 is 0 Å². The van der Waals surface area contributed by atoms with Gasteiger partial charge < -0.3 is 10.3 Å². The Morgan fingerprint density at radius 3 is 2.48 bits per heavy atom. The van der Waals surface area contributed by atoms with Gasteiger partial charge in [-0.1, -0.05) is 12.1 Å². The van der Waals surface area contributed by atoms with Crippen molar-refractivity contribution in [3.05, 3.63) is 48.3 Å². The largest absolute Gasteiger partial charge is 0.356 e. The lowest BCUT2D eigenvalue weighted by atomic mass is 10.0. The van der Waals surface area contributed by atoms with Crippen LogP contribution < -0.4 is 15.2 Å². The minimum atomic E-state index is -3.54. The first kappa shape index (κ1) is 22.7. The van der Waals surface area contributed by atoms with Gasteiger partial charge in [-0.3, -0.25) is 9.52 Å². The molecule has 0 spiro atoms. The first-order valence-corrected chi connectivity index (χ1v) is 12.9. The first-order valence-electron chi connectivity index (χ1n) is 9.32. The third-order valence-corrected chi connectivity index (χ3v) is 5.83. The van der Waals surface area contributed by atoms with Crippen molar-refractivity contribution in [3.63, 3.8) is 0 Å². The van der Waals surface area contributed by atoms with Gasteiger partial charge in [-0.2, -0.15) is 0 Å². The fourth-order valence-corrected chi connectivity index (χ4v) is 4.21. The number of amides is 1. The minimum Gasteiger partial charge on any atom is -0.356 e. The number of benzene rings is 1. The number of sulfonamides is 2. The van der Waals surface area contributed by atoms with Crippen LogP contribution in [0.25, 0.3) is 22.2 Å². The van der Waals surface area contributed by atoms with Crippen LogP contribution in [0.15, 0.2) is 42.6 Å². The average Bonchev–Trinajstić information content (AvgIpc) is 3.06. The fraction of sp³-hybridized carbons (Fsp3) is 0.263. The van der Waals surface area contributed by atoms with Crippen LogP contribution in [0.4, 0.5) is 5.69 Å². The molecule has 0 bridgehead atoms. The van der Waals surface area contributed by atoms with Gasteiger partial charge in [0.2, 0.25) is 26.0 Å². The van der Waals surface area contributed by atoms with Crippen LogP contribution in [-0.4, -0.2) is 51.3 Å². The molecule has 31 heavy (non-hydrogen) atoms. The predicted molar refractivity (Wildman–Crippen MR) is 119 cm³/mol. The van der Waals surface area contributed by atoms with Crippen LogP contribution >= 0.6 is 0 Å². The molecule has 1 amide bonds. The number of nitrogens with zero attached hydrogens (tertiary/aromatic N) is 1. The molecule has 2 heterocycles. The van der Waals surface area contributed by atoms with Crippen molar-refractivity contribution in [3.8, 4) is 11.1 Å². The van der Waals surface area contributed by atoms with Crippen LogP contribution in [0.5, 0.6) is 0 Å². The maximum atomic E-state index is 12.1. The van der Waals surface area contributed by atoms with E-state index in [-0.39, 0.29) is 31.0 Å². The second-order valence-corrected chi connectivity index (χ2v) is 10.6. The molecule has 0 aliphatic carbocycles. The van der Waals surface area contributed by atoms with Crippen molar-refractivity contribution in [1.29, 1.82) is 0 Å². The van der Waals surface area contributed by atoms with E-state index in [0.29, 0.717) is 17.0 Å². The highest BCUT2D eigenvalue weighted by atomic mass is 32.2. The van der Waals surface area contributed by atoms with Crippen LogP contribution in [0.3, 0.4) is 0 Å². The molecule has 0 saturated heterocycles. The lowest BCUT2D eigenvalue weighted by Gasteiger charge is -2.06. The number of aromatic amines is 1. The highest BCUT2D eigenvalue weighted by molar-refractivity contribution is 7.92. The van der Waals surface area contributed by atoms with E-state index in [0.717, 1.165) is 22.8 Å². The Kier molecular flexibility index (Phi) is 6.62. The smallest absolute Gasteiger partial charge is 0.229 e. The summed E-state index contributed by atoms with van der Waals surface area (Å²) in [6, 6.07) is 10.6. The summed E-state index contributed by atoms with van der Waals surface area (Å²) in [5.74, 6) is -0.440. The van der Waals surface area contributed by atoms with Gasteiger partial charge in [0, 0.05) is 29.5 Å². The van der Waals surface area contributed by atoms with E-state index >= 15 is 0 Å². The summed E-state index contributed by atoms with van der Waals surface area (Å²) in [5.41, 5.74) is 3.49. The van der Waals surface area contributed by atoms with Gasteiger partial charge in [0.15, 0.2) is 0 Å². The van der Waals surface area contributed by atoms with E-state index in [1.807, 2.05) is 12.1 Å². The number of hydrogen-bond donors (Lipinski definition) is 4. The molecule has 2 aromatic heterocycles. The molecule has 0 radical (unpaired) electrons. The maximum absolute atomic E-state index is 12.1. The van der Waals surface area contributed by atoms with Gasteiger partial charge in [0.05, 0.1) is 18.4 Å². The lowest BCUT2D eigenvalue weighted by molar-refractivity contribution is -0.120. The molecule has 10 nitrogen and oxygen atoms in total. The maximum Gasteiger partial charge on any atom is 0.229 e. The predicted octanol–water partition coefficient (Wildman–Crippen LogP) is 0.939. The normalized spacial score (nSPS) is 12.1. The Morgan fingerprint density at radius 1 is 1.13 bits per heavy atom. The minimum absolute atomic E-state index is 0.0857. The quantitative estimate of drug-likeness (QED) is 0.343. The Morgan fingerprint density at radius 2 is 1.84 bits per heavy atom. The van der Waals surface area contributed by atoms with E-state index < -0.39 is 20.0 Å². The van der Waals surface area contributed by atoms with Crippen LogP contribution in [0.1, 0.15) is 12.1 Å². The van der Waals surface area contributed by atoms with Gasteiger partial charge in [-0.25, -0.2) is 27.0 Å². The molecule has 0 fully saturated rings. The van der Waals surface area contributed by atoms with E-state index in [1.54, 1.807) is 30.5 Å². The van der Waals surface area contributed by atoms with Crippen LogP contribution in [0.2, 0.25) is 0 Å². The van der Waals surface area contributed by atoms with Crippen molar-refractivity contribution in [2.45, 2.75) is 12.8 Å². The number of fused-ring (bicyclic) bond motifs is 1. The summed E-state index contributed by atoms with van der Waals surface area (Å²) in [6.07, 6.45) is 3.06. The molecular weight excluding hydrogens is 442 g/mol. The number of carbonyl (C=O) groups is 1. The zero-order chi connectivity index (χ0) is 22.6. The summed E-state index contributed by atoms with van der Waals surface area (Å²) in [5, 5.41) is 8.42. The summed E-state index contributed by atoms with van der Waals surface area (Å²) < 4.78 is 47.0. The highest BCUT2D eigenvalue weighted by Gasteiger charge is 2.12. The molecule has 3 rings (SSSR count). The number of nitrogens with one attached hydrogen (secondary N) is 3. The average molecular weight is 466 g/mol. The fourth-order valence-electron chi connectivity index (χ4n) is 3.10. The third-order valence-electron chi connectivity index (χ3n) is 4.37. The third kappa shape index (κ3) is 6.77. The second kappa shape index (κ2) is 9.04. The van der Waals surface area contributed by atoms with Crippen molar-refractivity contribution < 1.29 is 21.6 Å². The number of H-pyrrole nitrogens is 1. The van der Waals surface area contributed by atoms with E-state index in [4.69, 9.17) is 5.14 Å². The molecule has 0 atom stereocenters. The van der Waals surface area contributed by atoms with Crippen molar-refractivity contribution in [2.24, 2.45) is 5.14 Å². The van der Waals surface area contributed by atoms with Crippen molar-refractivity contribution >= 4 is 42.7 Å². The number of hydrogen-bond acceptors (Lipinski definition) is 6. The number of primary sulfonamides is 1. The van der Waals surface area contributed by atoms with Crippen molar-refractivity contribution in [1.82, 2.24) is 15.3 Å². The number of nitrogens with two attached hydrogens (primary N) is 1. The zero-order valence-corrected chi connectivity index (χ0v) is 18.4. The monoisotopic (exact) mass is 465 g/mol. The number of anilines is 1. The number of pyridine rings is 1. The van der Waals surface area contributed by atoms with Gasteiger partial charge in [-0.15, -0.1) is 0 Å². The van der Waals surface area contributed by atoms with Gasteiger partial charge in [0.25, 0.3) is 0 Å². The molecule has 5 N–H and O–H groups in total. The number of rotatable bonds is 9. The summed E-state index contributed by atoms with van der Waals surface area (Å²) in [7, 11) is -6.89. The van der Waals surface area contributed by atoms with Crippen LogP contribution in [-0.2, 0) is 31.3 Å². The molecule has 1 aromatic carbocycles. The Balaban J connectivity index is 1.72. The zero-order valence-electron chi connectivity index (χ0n) is 16.8. The topological polar surface area (TPSA) is 164 Å². The Hall–Kier alpha value is -2.96. The van der Waals surface area contributed by atoms with E-state index in [9.17, 15) is 21.6 Å². The van der Waals surface area contributed by atoms with E-state index in [2.05, 4.69) is 20.0 Å². The molecule has 12 heteroatoms. The number of aromatic nitrogens is 2. The molecule has 0 aliphatic rings. The van der Waals surface area contributed by atoms with Crippen molar-refractivity contribution in [2.75, 3.05) is 23.3 Å². The Bertz CT molecular complexity index is 1300. The lowest BCUT2D eigenvalue weighted by Crippen LogP contribution is -2.28. The summed E-state index contributed by atoms with van der Waals surface area (Å²) >= 11 is 0. The number of carbonyl (C=O) groups excluding carboxylic acids is 1. The summed E-state index contributed by atoms with van der Waals surface area (Å²) in [4.78, 5) is 19.6. The standard InChI is InChI=1S/C19H23N5O5S2/c1-30(26,27)24-14-5-3-13(4-6-14)16-7-9-22-19-17(16)11-15(23-19)12-18(25)21-8-2-10-31(20,28)29/h3-7,9,11,24H,2,8,10,12H2,1H3,(H,21,25)(H,22,23)(H2,20,28,29).